The molecule has 1 aromatic rings. The Morgan fingerprint density at radius 1 is 1.62 bits per heavy atom. The minimum Gasteiger partial charge on any atom is -0.478 e. The molecular formula is C10H11NO2. The molecule has 0 fully saturated rings. The van der Waals surface area contributed by atoms with Crippen LogP contribution >= 0.6 is 0 Å². The molecule has 0 unspecified atom stereocenters. The largest absolute Gasteiger partial charge is 0.478 e. The normalized spacial score (nSPS) is 19.3. The van der Waals surface area contributed by atoms with Crippen LogP contribution in [-0.4, -0.2) is 17.1 Å². The molecule has 1 atom stereocenters. The first kappa shape index (κ1) is 8.10. The lowest BCUT2D eigenvalue weighted by molar-refractivity contribution is 0.0697. The smallest absolute Gasteiger partial charge is 0.335 e. The lowest BCUT2D eigenvalue weighted by Crippen LogP contribution is -2.08. The second kappa shape index (κ2) is 2.76. The van der Waals surface area contributed by atoms with Crippen molar-refractivity contribution in [1.29, 1.82) is 0 Å². The molecule has 0 saturated carbocycles. The molecule has 1 heterocycles. The zero-order valence-corrected chi connectivity index (χ0v) is 7.37. The summed E-state index contributed by atoms with van der Waals surface area (Å²) in [6.07, 6.45) is 0.981. The van der Waals surface area contributed by atoms with E-state index in [-0.39, 0.29) is 0 Å². The maximum Gasteiger partial charge on any atom is 0.335 e. The molecule has 0 aliphatic carbocycles. The molecule has 68 valence electrons. The van der Waals surface area contributed by atoms with E-state index in [1.165, 1.54) is 5.56 Å². The van der Waals surface area contributed by atoms with Crippen LogP contribution < -0.4 is 5.32 Å². The van der Waals surface area contributed by atoms with Gasteiger partial charge in [-0.05, 0) is 31.0 Å². The number of fused-ring (bicyclic) bond motifs is 1. The summed E-state index contributed by atoms with van der Waals surface area (Å²) in [5, 5.41) is 12.0. The Hall–Kier alpha value is -1.51. The van der Waals surface area contributed by atoms with Crippen LogP contribution in [0.15, 0.2) is 18.2 Å². The maximum atomic E-state index is 10.7. The van der Waals surface area contributed by atoms with Crippen molar-refractivity contribution in [1.82, 2.24) is 0 Å². The van der Waals surface area contributed by atoms with Crippen LogP contribution in [0.25, 0.3) is 0 Å². The molecule has 1 aliphatic rings. The summed E-state index contributed by atoms with van der Waals surface area (Å²) in [4.78, 5) is 10.7. The van der Waals surface area contributed by atoms with E-state index in [0.717, 1.165) is 12.1 Å². The molecule has 1 aliphatic heterocycles. The fourth-order valence-corrected chi connectivity index (χ4v) is 1.67. The van der Waals surface area contributed by atoms with Gasteiger partial charge in [0.2, 0.25) is 0 Å². The topological polar surface area (TPSA) is 49.3 Å². The molecule has 0 saturated heterocycles. The number of anilines is 1. The molecule has 0 spiro atoms. The minimum absolute atomic E-state index is 0.348. The second-order valence-corrected chi connectivity index (χ2v) is 3.43. The minimum atomic E-state index is -0.871. The molecule has 2 rings (SSSR count). The second-order valence-electron chi connectivity index (χ2n) is 3.43. The van der Waals surface area contributed by atoms with Gasteiger partial charge in [-0.15, -0.1) is 0 Å². The predicted octanol–water partition coefficient (Wildman–Crippen LogP) is 1.74. The third-order valence-corrected chi connectivity index (χ3v) is 2.28. The van der Waals surface area contributed by atoms with Gasteiger partial charge in [-0.1, -0.05) is 6.07 Å². The molecular weight excluding hydrogens is 166 g/mol. The Morgan fingerprint density at radius 3 is 3.08 bits per heavy atom. The molecule has 2 N–H and O–H groups in total. The first-order chi connectivity index (χ1) is 6.16. The number of carboxylic acids is 1. The fourth-order valence-electron chi connectivity index (χ4n) is 1.67. The molecule has 13 heavy (non-hydrogen) atoms. The highest BCUT2D eigenvalue weighted by Gasteiger charge is 2.17. The number of carbonyl (C=O) groups is 1. The summed E-state index contributed by atoms with van der Waals surface area (Å²) in [5.74, 6) is -0.871. The Kier molecular flexibility index (Phi) is 1.72. The number of hydrogen-bond donors (Lipinski definition) is 2. The van der Waals surface area contributed by atoms with Gasteiger partial charge in [-0.2, -0.15) is 0 Å². The van der Waals surface area contributed by atoms with Gasteiger partial charge in [0.15, 0.2) is 0 Å². The molecule has 0 radical (unpaired) electrons. The van der Waals surface area contributed by atoms with Crippen molar-refractivity contribution in [2.45, 2.75) is 19.4 Å². The van der Waals surface area contributed by atoms with Crippen molar-refractivity contribution in [2.24, 2.45) is 0 Å². The van der Waals surface area contributed by atoms with Crippen LogP contribution in [0.5, 0.6) is 0 Å². The number of carboxylic acid groups (broad SMARTS) is 1. The average molecular weight is 177 g/mol. The van der Waals surface area contributed by atoms with Crippen molar-refractivity contribution in [3.63, 3.8) is 0 Å². The molecule has 0 bridgehead atoms. The van der Waals surface area contributed by atoms with Crippen molar-refractivity contribution in [2.75, 3.05) is 5.32 Å². The van der Waals surface area contributed by atoms with Crippen LogP contribution in [0.1, 0.15) is 22.8 Å². The van der Waals surface area contributed by atoms with E-state index in [4.69, 9.17) is 5.11 Å². The van der Waals surface area contributed by atoms with Crippen LogP contribution in [0.2, 0.25) is 0 Å². The zero-order chi connectivity index (χ0) is 9.42. The van der Waals surface area contributed by atoms with Crippen LogP contribution in [0, 0.1) is 0 Å². The number of hydrogen-bond acceptors (Lipinski definition) is 2. The number of nitrogens with one attached hydrogen (secondary N) is 1. The van der Waals surface area contributed by atoms with Crippen LogP contribution in [-0.2, 0) is 6.42 Å². The van der Waals surface area contributed by atoms with Crippen LogP contribution in [0.4, 0.5) is 5.69 Å². The molecule has 3 nitrogen and oxygen atoms in total. The lowest BCUT2D eigenvalue weighted by Gasteiger charge is -2.02. The van der Waals surface area contributed by atoms with Gasteiger partial charge >= 0.3 is 5.97 Å². The summed E-state index contributed by atoms with van der Waals surface area (Å²) >= 11 is 0. The Balaban J connectivity index is 2.40. The molecule has 1 aromatic carbocycles. The summed E-state index contributed by atoms with van der Waals surface area (Å²) in [6, 6.07) is 5.65. The van der Waals surface area contributed by atoms with E-state index in [9.17, 15) is 4.79 Å². The van der Waals surface area contributed by atoms with Crippen molar-refractivity contribution in [3.8, 4) is 0 Å². The van der Waals surface area contributed by atoms with Crippen LogP contribution in [0.3, 0.4) is 0 Å². The lowest BCUT2D eigenvalue weighted by atomic mass is 10.1. The van der Waals surface area contributed by atoms with Gasteiger partial charge in [0.25, 0.3) is 0 Å². The van der Waals surface area contributed by atoms with Gasteiger partial charge in [-0.3, -0.25) is 0 Å². The third kappa shape index (κ3) is 1.37. The predicted molar refractivity (Wildman–Crippen MR) is 50.2 cm³/mol. The van der Waals surface area contributed by atoms with Gasteiger partial charge in [0, 0.05) is 11.7 Å². The first-order valence-electron chi connectivity index (χ1n) is 4.29. The van der Waals surface area contributed by atoms with Gasteiger partial charge in [0.05, 0.1) is 5.56 Å². The average Bonchev–Trinajstić information content (AvgIpc) is 2.42. The van der Waals surface area contributed by atoms with E-state index >= 15 is 0 Å². The summed E-state index contributed by atoms with van der Waals surface area (Å²) < 4.78 is 0. The summed E-state index contributed by atoms with van der Waals surface area (Å²) in [5.41, 5.74) is 2.52. The monoisotopic (exact) mass is 177 g/mol. The zero-order valence-electron chi connectivity index (χ0n) is 7.37. The van der Waals surface area contributed by atoms with E-state index in [1.54, 1.807) is 12.1 Å². The molecule has 0 aromatic heterocycles. The highest BCUT2D eigenvalue weighted by Crippen LogP contribution is 2.26. The van der Waals surface area contributed by atoms with Crippen molar-refractivity contribution in [3.05, 3.63) is 29.3 Å². The SMILES string of the molecule is C[C@H]1Cc2ccc(C(=O)O)cc2N1. The Bertz CT molecular complexity index is 360. The van der Waals surface area contributed by atoms with Gasteiger partial charge in [0.1, 0.15) is 0 Å². The Morgan fingerprint density at radius 2 is 2.38 bits per heavy atom. The molecule has 0 amide bonds. The first-order valence-corrected chi connectivity index (χ1v) is 4.29. The quantitative estimate of drug-likeness (QED) is 0.687. The highest BCUT2D eigenvalue weighted by atomic mass is 16.4. The Labute approximate surface area is 76.4 Å². The van der Waals surface area contributed by atoms with Gasteiger partial charge in [-0.25, -0.2) is 4.79 Å². The van der Waals surface area contributed by atoms with E-state index in [2.05, 4.69) is 12.2 Å². The van der Waals surface area contributed by atoms with Crippen molar-refractivity contribution >= 4 is 11.7 Å². The summed E-state index contributed by atoms with van der Waals surface area (Å²) in [6.45, 7) is 2.08. The van der Waals surface area contributed by atoms with E-state index in [0.29, 0.717) is 11.6 Å². The highest BCUT2D eigenvalue weighted by molar-refractivity contribution is 5.89. The number of benzene rings is 1. The number of aromatic carboxylic acids is 1. The van der Waals surface area contributed by atoms with E-state index in [1.807, 2.05) is 6.07 Å². The van der Waals surface area contributed by atoms with Gasteiger partial charge < -0.3 is 10.4 Å². The molecule has 3 heteroatoms. The van der Waals surface area contributed by atoms with E-state index < -0.39 is 5.97 Å². The summed E-state index contributed by atoms with van der Waals surface area (Å²) in [7, 11) is 0. The van der Waals surface area contributed by atoms with Crippen molar-refractivity contribution < 1.29 is 9.90 Å². The third-order valence-electron chi connectivity index (χ3n) is 2.28. The number of rotatable bonds is 1. The fraction of sp³-hybridized carbons (Fsp3) is 0.300. The maximum absolute atomic E-state index is 10.7. The standard InChI is InChI=1S/C10H11NO2/c1-6-4-7-2-3-8(10(12)13)5-9(7)11-6/h2-3,5-6,11H,4H2,1H3,(H,12,13)/t6-/m0/s1.